The molecule has 0 radical (unpaired) electrons. The molecule has 3 nitrogen and oxygen atoms in total. The highest BCUT2D eigenvalue weighted by molar-refractivity contribution is 5.56. The van der Waals surface area contributed by atoms with Gasteiger partial charge in [0.1, 0.15) is 0 Å². The van der Waals surface area contributed by atoms with E-state index in [4.69, 9.17) is 0 Å². The number of aliphatic hydroxyl groups is 1. The fourth-order valence-electron chi connectivity index (χ4n) is 2.75. The van der Waals surface area contributed by atoms with Gasteiger partial charge in [0, 0.05) is 18.8 Å². The second-order valence-corrected chi connectivity index (χ2v) is 5.57. The first-order chi connectivity index (χ1) is 8.62. The largest absolute Gasteiger partial charge is 0.394 e. The predicted molar refractivity (Wildman–Crippen MR) is 76.2 cm³/mol. The van der Waals surface area contributed by atoms with Crippen LogP contribution in [0.5, 0.6) is 0 Å². The second-order valence-electron chi connectivity index (χ2n) is 5.57. The summed E-state index contributed by atoms with van der Waals surface area (Å²) in [7, 11) is 1.94. The minimum atomic E-state index is -0.135. The molecule has 1 atom stereocenters. The van der Waals surface area contributed by atoms with Gasteiger partial charge in [-0.2, -0.15) is 0 Å². The van der Waals surface area contributed by atoms with Crippen molar-refractivity contribution in [2.24, 2.45) is 0 Å². The molecule has 3 heteroatoms. The van der Waals surface area contributed by atoms with Gasteiger partial charge in [0.25, 0.3) is 0 Å². The Bertz CT molecular complexity index is 399. The summed E-state index contributed by atoms with van der Waals surface area (Å²) in [6.07, 6.45) is 0.992. The fourth-order valence-corrected chi connectivity index (χ4v) is 2.75. The van der Waals surface area contributed by atoms with Crippen molar-refractivity contribution in [1.29, 1.82) is 0 Å². The summed E-state index contributed by atoms with van der Waals surface area (Å²) < 4.78 is 0. The molecule has 0 spiro atoms. The predicted octanol–water partition coefficient (Wildman–Crippen LogP) is 1.97. The highest BCUT2D eigenvalue weighted by atomic mass is 16.3. The minimum absolute atomic E-state index is 0.135. The molecule has 1 aromatic rings. The molecule has 1 heterocycles. The molecule has 0 saturated carbocycles. The standard InChI is InChI=1S/C15H24N2O/c1-12(2)13-6-4-5-7-14(13)17-9-8-15(10-17,11-18)16-3/h4-7,12,16,18H,8-11H2,1-3H3. The van der Waals surface area contributed by atoms with Crippen LogP contribution in [0.1, 0.15) is 31.7 Å². The molecule has 1 unspecified atom stereocenters. The maximum absolute atomic E-state index is 9.57. The third kappa shape index (κ3) is 2.38. The molecule has 1 saturated heterocycles. The lowest BCUT2D eigenvalue weighted by Gasteiger charge is -2.28. The number of para-hydroxylation sites is 1. The van der Waals surface area contributed by atoms with Gasteiger partial charge in [-0.05, 0) is 31.0 Å². The van der Waals surface area contributed by atoms with E-state index in [1.54, 1.807) is 0 Å². The zero-order valence-corrected chi connectivity index (χ0v) is 11.6. The van der Waals surface area contributed by atoms with E-state index in [9.17, 15) is 5.11 Å². The van der Waals surface area contributed by atoms with E-state index in [1.807, 2.05) is 7.05 Å². The Morgan fingerprint density at radius 2 is 2.11 bits per heavy atom. The summed E-state index contributed by atoms with van der Waals surface area (Å²) in [6.45, 7) is 6.54. The molecule has 1 aliphatic rings. The molecular formula is C15H24N2O. The molecule has 2 rings (SSSR count). The van der Waals surface area contributed by atoms with Gasteiger partial charge in [-0.25, -0.2) is 0 Å². The van der Waals surface area contributed by atoms with E-state index in [-0.39, 0.29) is 12.1 Å². The second kappa shape index (κ2) is 5.29. The van der Waals surface area contributed by atoms with Crippen molar-refractivity contribution >= 4 is 5.69 Å². The average molecular weight is 248 g/mol. The van der Waals surface area contributed by atoms with Crippen molar-refractivity contribution in [1.82, 2.24) is 5.32 Å². The first kappa shape index (κ1) is 13.4. The average Bonchev–Trinajstić information content (AvgIpc) is 2.83. The molecule has 1 fully saturated rings. The van der Waals surface area contributed by atoms with E-state index >= 15 is 0 Å². The molecule has 1 aliphatic heterocycles. The maximum atomic E-state index is 9.57. The molecule has 0 bridgehead atoms. The molecule has 0 aliphatic carbocycles. The number of nitrogens with one attached hydrogen (secondary N) is 1. The molecule has 0 amide bonds. The van der Waals surface area contributed by atoms with Crippen LogP contribution in [0.3, 0.4) is 0 Å². The van der Waals surface area contributed by atoms with Crippen LogP contribution in [0.15, 0.2) is 24.3 Å². The van der Waals surface area contributed by atoms with E-state index in [1.165, 1.54) is 11.3 Å². The van der Waals surface area contributed by atoms with E-state index in [0.29, 0.717) is 5.92 Å². The normalized spacial score (nSPS) is 23.9. The van der Waals surface area contributed by atoms with Gasteiger partial charge >= 0.3 is 0 Å². The van der Waals surface area contributed by atoms with Gasteiger partial charge in [-0.15, -0.1) is 0 Å². The quantitative estimate of drug-likeness (QED) is 0.855. The summed E-state index contributed by atoms with van der Waals surface area (Å²) in [5, 5.41) is 12.9. The van der Waals surface area contributed by atoms with Crippen molar-refractivity contribution in [3.63, 3.8) is 0 Å². The van der Waals surface area contributed by atoms with Gasteiger partial charge in [0.05, 0.1) is 12.1 Å². The SMILES string of the molecule is CNC1(CO)CCN(c2ccccc2C(C)C)C1. The highest BCUT2D eigenvalue weighted by Crippen LogP contribution is 2.32. The van der Waals surface area contributed by atoms with E-state index < -0.39 is 0 Å². The molecule has 18 heavy (non-hydrogen) atoms. The Kier molecular flexibility index (Phi) is 3.93. The fraction of sp³-hybridized carbons (Fsp3) is 0.600. The Morgan fingerprint density at radius 1 is 1.39 bits per heavy atom. The zero-order valence-electron chi connectivity index (χ0n) is 11.6. The number of anilines is 1. The Hall–Kier alpha value is -1.06. The highest BCUT2D eigenvalue weighted by Gasteiger charge is 2.36. The number of hydrogen-bond acceptors (Lipinski definition) is 3. The zero-order chi connectivity index (χ0) is 13.2. The van der Waals surface area contributed by atoms with E-state index in [2.05, 4.69) is 48.3 Å². The van der Waals surface area contributed by atoms with Gasteiger partial charge in [-0.3, -0.25) is 0 Å². The van der Waals surface area contributed by atoms with Crippen LogP contribution in [0.4, 0.5) is 5.69 Å². The van der Waals surface area contributed by atoms with Crippen LogP contribution in [0.2, 0.25) is 0 Å². The summed E-state index contributed by atoms with van der Waals surface area (Å²) in [6, 6.07) is 8.60. The van der Waals surface area contributed by atoms with Gasteiger partial charge < -0.3 is 15.3 Å². The molecular weight excluding hydrogens is 224 g/mol. The van der Waals surface area contributed by atoms with Crippen LogP contribution < -0.4 is 10.2 Å². The number of aliphatic hydroxyl groups excluding tert-OH is 1. The lowest BCUT2D eigenvalue weighted by atomic mass is 9.99. The van der Waals surface area contributed by atoms with E-state index in [0.717, 1.165) is 19.5 Å². The number of hydrogen-bond donors (Lipinski definition) is 2. The lowest BCUT2D eigenvalue weighted by Crippen LogP contribution is -2.48. The molecule has 100 valence electrons. The summed E-state index contributed by atoms with van der Waals surface area (Å²) >= 11 is 0. The lowest BCUT2D eigenvalue weighted by molar-refractivity contribution is 0.184. The number of likely N-dealkylation sites (N-methyl/N-ethyl adjacent to an activating group) is 1. The molecule has 2 N–H and O–H groups in total. The number of nitrogens with zero attached hydrogens (tertiary/aromatic N) is 1. The van der Waals surface area contributed by atoms with Gasteiger partial charge in [0.15, 0.2) is 0 Å². The molecule has 1 aromatic carbocycles. The number of rotatable bonds is 4. The topological polar surface area (TPSA) is 35.5 Å². The smallest absolute Gasteiger partial charge is 0.0631 e. The Morgan fingerprint density at radius 3 is 2.67 bits per heavy atom. The van der Waals surface area contributed by atoms with Gasteiger partial charge in [-0.1, -0.05) is 32.0 Å². The maximum Gasteiger partial charge on any atom is 0.0631 e. The first-order valence-electron chi connectivity index (χ1n) is 6.75. The Labute approximate surface area is 110 Å². The monoisotopic (exact) mass is 248 g/mol. The third-order valence-corrected chi connectivity index (χ3v) is 4.09. The summed E-state index contributed by atoms with van der Waals surface area (Å²) in [4.78, 5) is 2.39. The molecule has 0 aromatic heterocycles. The first-order valence-corrected chi connectivity index (χ1v) is 6.75. The minimum Gasteiger partial charge on any atom is -0.394 e. The van der Waals surface area contributed by atoms with Crippen molar-refractivity contribution < 1.29 is 5.11 Å². The summed E-state index contributed by atoms with van der Waals surface area (Å²) in [5.74, 6) is 0.528. The van der Waals surface area contributed by atoms with Crippen molar-refractivity contribution in [2.45, 2.75) is 31.7 Å². The third-order valence-electron chi connectivity index (χ3n) is 4.09. The van der Waals surface area contributed by atoms with Crippen LogP contribution >= 0.6 is 0 Å². The van der Waals surface area contributed by atoms with Crippen molar-refractivity contribution in [2.75, 3.05) is 31.6 Å². The number of benzene rings is 1. The van der Waals surface area contributed by atoms with Crippen LogP contribution in [-0.2, 0) is 0 Å². The summed E-state index contributed by atoms with van der Waals surface area (Å²) in [5.41, 5.74) is 2.57. The van der Waals surface area contributed by atoms with Crippen LogP contribution in [0, 0.1) is 0 Å². The van der Waals surface area contributed by atoms with Crippen LogP contribution in [0.25, 0.3) is 0 Å². The van der Waals surface area contributed by atoms with Crippen molar-refractivity contribution in [3.05, 3.63) is 29.8 Å². The Balaban J connectivity index is 2.24. The van der Waals surface area contributed by atoms with Crippen molar-refractivity contribution in [3.8, 4) is 0 Å². The van der Waals surface area contributed by atoms with Gasteiger partial charge in [0.2, 0.25) is 0 Å². The van der Waals surface area contributed by atoms with Crippen LogP contribution in [-0.4, -0.2) is 37.4 Å².